The number of nitrogens with zero attached hydrogens (tertiary/aromatic N) is 3. The molecule has 1 aromatic heterocycles. The van der Waals surface area contributed by atoms with Gasteiger partial charge in [0.25, 0.3) is 0 Å². The number of rotatable bonds is 5. The molecule has 3 heterocycles. The van der Waals surface area contributed by atoms with E-state index >= 15 is 0 Å². The zero-order valence-electron chi connectivity index (χ0n) is 14.7. The molecule has 0 aliphatic carbocycles. The molecule has 2 saturated heterocycles. The number of pyridine rings is 1. The largest absolute Gasteiger partial charge is 0.384 e. The summed E-state index contributed by atoms with van der Waals surface area (Å²) < 4.78 is 33.4. The third kappa shape index (κ3) is 3.34. The Hall–Kier alpha value is -1.95. The number of hydrogen-bond acceptors (Lipinski definition) is 5. The summed E-state index contributed by atoms with van der Waals surface area (Å²) in [4.78, 5) is 18.7. The molecule has 0 saturated carbocycles. The molecule has 3 rings (SSSR count). The van der Waals surface area contributed by atoms with Crippen LogP contribution in [0.15, 0.2) is 29.4 Å². The molecule has 26 heavy (non-hydrogen) atoms. The number of ether oxygens (including phenoxy) is 1. The van der Waals surface area contributed by atoms with Crippen LogP contribution in [0.5, 0.6) is 0 Å². The summed E-state index contributed by atoms with van der Waals surface area (Å²) >= 11 is 0. The van der Waals surface area contributed by atoms with Crippen LogP contribution in [0, 0.1) is 18.3 Å². The summed E-state index contributed by atoms with van der Waals surface area (Å²) in [5.74, 6) is 2.16. The quantitative estimate of drug-likeness (QED) is 0.707. The molecular weight excluding hydrogens is 354 g/mol. The Balaban J connectivity index is 2.08. The van der Waals surface area contributed by atoms with E-state index in [0.717, 1.165) is 6.42 Å². The minimum absolute atomic E-state index is 0.103. The van der Waals surface area contributed by atoms with Crippen LogP contribution >= 0.6 is 0 Å². The number of carbonyl (C=O) groups is 1. The van der Waals surface area contributed by atoms with Crippen molar-refractivity contribution >= 4 is 15.9 Å². The summed E-state index contributed by atoms with van der Waals surface area (Å²) in [5.41, 5.74) is 0. The van der Waals surface area contributed by atoms with Gasteiger partial charge < -0.3 is 9.64 Å². The lowest BCUT2D eigenvalue weighted by Crippen LogP contribution is -2.55. The van der Waals surface area contributed by atoms with Gasteiger partial charge in [0.05, 0.1) is 13.2 Å². The van der Waals surface area contributed by atoms with Crippen molar-refractivity contribution in [2.45, 2.75) is 36.2 Å². The van der Waals surface area contributed by atoms with Gasteiger partial charge in [-0.3, -0.25) is 9.78 Å². The van der Waals surface area contributed by atoms with E-state index in [4.69, 9.17) is 11.2 Å². The van der Waals surface area contributed by atoms with E-state index in [1.807, 2.05) is 0 Å². The van der Waals surface area contributed by atoms with E-state index in [0.29, 0.717) is 26.0 Å². The van der Waals surface area contributed by atoms with E-state index in [2.05, 4.69) is 10.9 Å². The van der Waals surface area contributed by atoms with Crippen LogP contribution in [0.4, 0.5) is 0 Å². The molecule has 0 radical (unpaired) electrons. The van der Waals surface area contributed by atoms with Gasteiger partial charge in [-0.25, -0.2) is 8.42 Å². The smallest absolute Gasteiger partial charge is 0.245 e. The molecular formula is C18H23N3O4S. The van der Waals surface area contributed by atoms with Gasteiger partial charge in [-0.2, -0.15) is 4.31 Å². The lowest BCUT2D eigenvalue weighted by Gasteiger charge is -2.40. The van der Waals surface area contributed by atoms with Crippen LogP contribution in [0.2, 0.25) is 0 Å². The van der Waals surface area contributed by atoms with Crippen molar-refractivity contribution in [3.8, 4) is 12.3 Å². The minimum atomic E-state index is -3.85. The van der Waals surface area contributed by atoms with Gasteiger partial charge in [-0.15, -0.1) is 6.42 Å². The first-order chi connectivity index (χ1) is 12.5. The third-order valence-electron chi connectivity index (χ3n) is 5.08. The number of hydrogen-bond donors (Lipinski definition) is 0. The first-order valence-corrected chi connectivity index (χ1v) is 10.1. The van der Waals surface area contributed by atoms with Crippen LogP contribution in [0.3, 0.4) is 0 Å². The van der Waals surface area contributed by atoms with Crippen LogP contribution in [-0.2, 0) is 19.6 Å². The Morgan fingerprint density at radius 1 is 1.42 bits per heavy atom. The molecule has 3 atom stereocenters. The lowest BCUT2D eigenvalue weighted by atomic mass is 9.91. The molecule has 0 N–H and O–H groups in total. The number of piperidine rings is 1. The zero-order chi connectivity index (χ0) is 18.7. The maximum atomic E-state index is 13.3. The van der Waals surface area contributed by atoms with Crippen LogP contribution in [0.1, 0.15) is 19.3 Å². The van der Waals surface area contributed by atoms with Crippen molar-refractivity contribution < 1.29 is 17.9 Å². The lowest BCUT2D eigenvalue weighted by molar-refractivity contribution is -0.134. The molecule has 1 aromatic rings. The molecule has 0 spiro atoms. The maximum absolute atomic E-state index is 13.3. The zero-order valence-corrected chi connectivity index (χ0v) is 15.6. The number of amides is 1. The topological polar surface area (TPSA) is 79.8 Å². The molecule has 140 valence electrons. The Bertz CT molecular complexity index is 790. The van der Waals surface area contributed by atoms with Crippen LogP contribution in [-0.4, -0.2) is 67.4 Å². The number of fused-ring (bicyclic) bond motifs is 2. The van der Waals surface area contributed by atoms with Crippen molar-refractivity contribution in [3.05, 3.63) is 24.5 Å². The summed E-state index contributed by atoms with van der Waals surface area (Å²) in [6, 6.07) is 2.07. The summed E-state index contributed by atoms with van der Waals surface area (Å²) in [6.45, 7) is 0.935. The van der Waals surface area contributed by atoms with E-state index < -0.39 is 16.1 Å². The Kier molecular flexibility index (Phi) is 5.61. The predicted molar refractivity (Wildman–Crippen MR) is 95.5 cm³/mol. The van der Waals surface area contributed by atoms with E-state index in [-0.39, 0.29) is 29.3 Å². The highest BCUT2D eigenvalue weighted by atomic mass is 32.2. The summed E-state index contributed by atoms with van der Waals surface area (Å²) in [5, 5.41) is 0. The average Bonchev–Trinajstić information content (AvgIpc) is 2.72. The highest BCUT2D eigenvalue weighted by Crippen LogP contribution is 2.36. The number of aromatic nitrogens is 1. The van der Waals surface area contributed by atoms with Crippen LogP contribution in [0.25, 0.3) is 0 Å². The molecule has 2 bridgehead atoms. The van der Waals surface area contributed by atoms with Crippen molar-refractivity contribution in [2.75, 3.05) is 26.8 Å². The minimum Gasteiger partial charge on any atom is -0.384 e. The third-order valence-corrected chi connectivity index (χ3v) is 7.00. The monoisotopic (exact) mass is 377 g/mol. The molecule has 1 amide bonds. The molecule has 0 aromatic carbocycles. The van der Waals surface area contributed by atoms with Gasteiger partial charge in [0.15, 0.2) is 0 Å². The summed E-state index contributed by atoms with van der Waals surface area (Å²) in [7, 11) is -2.27. The van der Waals surface area contributed by atoms with Gasteiger partial charge >= 0.3 is 0 Å². The number of carbonyl (C=O) groups excluding carboxylic acids is 1. The molecule has 2 fully saturated rings. The SMILES string of the molecule is C#CCN1C[C@H](COC)[C@H]2CCC[C@@H](C1=O)N2S(=O)(=O)c1cccnc1. The normalized spacial score (nSPS) is 27.0. The van der Waals surface area contributed by atoms with Crippen LogP contribution < -0.4 is 0 Å². The first-order valence-electron chi connectivity index (χ1n) is 8.65. The maximum Gasteiger partial charge on any atom is 0.245 e. The second kappa shape index (κ2) is 7.74. The number of terminal acetylenes is 1. The number of sulfonamides is 1. The molecule has 7 nitrogen and oxygen atoms in total. The van der Waals surface area contributed by atoms with Crippen molar-refractivity contribution in [3.63, 3.8) is 0 Å². The van der Waals surface area contributed by atoms with Gasteiger partial charge in [0.2, 0.25) is 15.9 Å². The fourth-order valence-corrected chi connectivity index (χ4v) is 5.84. The van der Waals surface area contributed by atoms with E-state index in [1.165, 1.54) is 22.8 Å². The molecule has 2 aliphatic heterocycles. The van der Waals surface area contributed by atoms with E-state index in [1.54, 1.807) is 18.1 Å². The van der Waals surface area contributed by atoms with Crippen molar-refractivity contribution in [1.29, 1.82) is 0 Å². The van der Waals surface area contributed by atoms with Gasteiger partial charge in [0, 0.05) is 38.0 Å². The van der Waals surface area contributed by atoms with Crippen molar-refractivity contribution in [1.82, 2.24) is 14.2 Å². The fourth-order valence-electron chi connectivity index (χ4n) is 3.98. The molecule has 2 aliphatic rings. The van der Waals surface area contributed by atoms with E-state index in [9.17, 15) is 13.2 Å². The molecule has 8 heteroatoms. The first kappa shape index (κ1) is 18.8. The highest BCUT2D eigenvalue weighted by Gasteiger charge is 2.49. The second-order valence-electron chi connectivity index (χ2n) is 6.68. The second-order valence-corrected chi connectivity index (χ2v) is 8.52. The average molecular weight is 377 g/mol. The van der Waals surface area contributed by atoms with Gasteiger partial charge in [-0.1, -0.05) is 5.92 Å². The Morgan fingerprint density at radius 3 is 2.88 bits per heavy atom. The Morgan fingerprint density at radius 2 is 2.23 bits per heavy atom. The van der Waals surface area contributed by atoms with Gasteiger partial charge in [-0.05, 0) is 31.4 Å². The summed E-state index contributed by atoms with van der Waals surface area (Å²) in [6.07, 6.45) is 10.3. The fraction of sp³-hybridized carbons (Fsp3) is 0.556. The highest BCUT2D eigenvalue weighted by molar-refractivity contribution is 7.89. The standard InChI is InChI=1S/C18H23N3O4S/c1-3-10-20-12-14(13-25-2)16-7-4-8-17(18(20)22)21(16)26(23,24)15-6-5-9-19-11-15/h1,5-6,9,11,14,16-17H,4,7-8,10,12-13H2,2H3/t14-,16-,17+/m1/s1. The number of methoxy groups -OCH3 is 1. The van der Waals surface area contributed by atoms with Crippen molar-refractivity contribution in [2.24, 2.45) is 5.92 Å². The van der Waals surface area contributed by atoms with Gasteiger partial charge in [0.1, 0.15) is 10.9 Å². The Labute approximate surface area is 154 Å². The molecule has 0 unspecified atom stereocenters. The predicted octanol–water partition coefficient (Wildman–Crippen LogP) is 0.731.